The number of carbonyl (C=O) groups is 1. The first-order chi connectivity index (χ1) is 13.6. The van der Waals surface area contributed by atoms with Crippen molar-refractivity contribution in [2.75, 3.05) is 11.4 Å². The molecule has 0 radical (unpaired) electrons. The van der Waals surface area contributed by atoms with E-state index in [0.29, 0.717) is 30.4 Å². The zero-order chi connectivity index (χ0) is 19.3. The van der Waals surface area contributed by atoms with Crippen LogP contribution in [-0.4, -0.2) is 22.6 Å². The molecule has 0 bridgehead atoms. The Balaban J connectivity index is 1.44. The van der Waals surface area contributed by atoms with Gasteiger partial charge in [0.1, 0.15) is 5.58 Å². The summed E-state index contributed by atoms with van der Waals surface area (Å²) < 4.78 is 11.5. The lowest BCUT2D eigenvalue weighted by Gasteiger charge is -2.15. The van der Waals surface area contributed by atoms with E-state index in [0.717, 1.165) is 22.2 Å². The lowest BCUT2D eigenvalue weighted by atomic mass is 10.1. The van der Waals surface area contributed by atoms with Gasteiger partial charge in [0, 0.05) is 29.6 Å². The number of nitrogens with zero attached hydrogens (tertiary/aromatic N) is 3. The Bertz CT molecular complexity index is 1180. The number of fused-ring (bicyclic) bond motifs is 1. The maximum Gasteiger partial charge on any atom is 0.238 e. The Morgan fingerprint density at radius 3 is 2.75 bits per heavy atom. The lowest BCUT2D eigenvalue weighted by molar-refractivity contribution is -0.117. The van der Waals surface area contributed by atoms with E-state index >= 15 is 0 Å². The minimum absolute atomic E-state index is 0.0614. The zero-order valence-corrected chi connectivity index (χ0v) is 15.7. The van der Waals surface area contributed by atoms with E-state index in [-0.39, 0.29) is 11.8 Å². The van der Waals surface area contributed by atoms with E-state index in [2.05, 4.69) is 16.2 Å². The number of benzene rings is 2. The summed E-state index contributed by atoms with van der Waals surface area (Å²) in [6.45, 7) is 4.57. The number of carbonyl (C=O) groups excluding carboxylic acids is 1. The molecule has 2 aromatic heterocycles. The molecule has 1 atom stereocenters. The van der Waals surface area contributed by atoms with Crippen LogP contribution in [0.25, 0.3) is 22.6 Å². The third-order valence-corrected chi connectivity index (χ3v) is 5.28. The molecule has 1 aliphatic heterocycles. The highest BCUT2D eigenvalue weighted by Gasteiger charge is 2.35. The number of aryl methyl sites for hydroxylation is 2. The van der Waals surface area contributed by atoms with Crippen molar-refractivity contribution < 1.29 is 13.7 Å². The normalized spacial score (nSPS) is 17.0. The van der Waals surface area contributed by atoms with Crippen LogP contribution in [0.1, 0.15) is 29.4 Å². The van der Waals surface area contributed by atoms with Gasteiger partial charge in [0.25, 0.3) is 0 Å². The number of anilines is 1. The Morgan fingerprint density at radius 1 is 1.11 bits per heavy atom. The van der Waals surface area contributed by atoms with Crippen LogP contribution in [0.2, 0.25) is 0 Å². The van der Waals surface area contributed by atoms with Gasteiger partial charge in [-0.25, -0.2) is 0 Å². The number of hydrogen-bond donors (Lipinski definition) is 0. The molecule has 1 fully saturated rings. The van der Waals surface area contributed by atoms with Crippen molar-refractivity contribution in [1.82, 2.24) is 10.1 Å². The summed E-state index contributed by atoms with van der Waals surface area (Å²) in [6, 6.07) is 15.7. The quantitative estimate of drug-likeness (QED) is 0.524. The molecular weight excluding hydrogens is 354 g/mol. The van der Waals surface area contributed by atoms with Gasteiger partial charge in [-0.15, -0.1) is 0 Å². The summed E-state index contributed by atoms with van der Waals surface area (Å²) in [5.74, 6) is 1.44. The maximum atomic E-state index is 12.5. The fraction of sp³-hybridized carbons (Fsp3) is 0.227. The summed E-state index contributed by atoms with van der Waals surface area (Å²) in [4.78, 5) is 18.8. The average Bonchev–Trinajstić information content (AvgIpc) is 3.40. The van der Waals surface area contributed by atoms with Gasteiger partial charge < -0.3 is 13.8 Å². The highest BCUT2D eigenvalue weighted by Crippen LogP contribution is 2.35. The molecule has 0 N–H and O–H groups in total. The topological polar surface area (TPSA) is 72.4 Å². The molecule has 0 aliphatic carbocycles. The van der Waals surface area contributed by atoms with Crippen molar-refractivity contribution in [3.8, 4) is 11.6 Å². The minimum Gasteiger partial charge on any atom is -0.452 e. The molecule has 3 heterocycles. The standard InChI is InChI=1S/C22H19N3O3/c1-13-8-9-18-17(10-13)14(2)20(27-18)21-23-22(28-24-21)15-11-19(26)25(12-15)16-6-4-3-5-7-16/h3-10,15H,11-12H2,1-2H3/t15-/m0/s1. The first-order valence-electron chi connectivity index (χ1n) is 9.29. The molecule has 2 aromatic carbocycles. The molecule has 6 nitrogen and oxygen atoms in total. The Morgan fingerprint density at radius 2 is 1.93 bits per heavy atom. The summed E-state index contributed by atoms with van der Waals surface area (Å²) in [5.41, 5.74) is 3.84. The van der Waals surface area contributed by atoms with Gasteiger partial charge in [0.2, 0.25) is 17.6 Å². The van der Waals surface area contributed by atoms with E-state index in [4.69, 9.17) is 8.94 Å². The first-order valence-corrected chi connectivity index (χ1v) is 9.29. The largest absolute Gasteiger partial charge is 0.452 e. The number of para-hydroxylation sites is 1. The van der Waals surface area contributed by atoms with E-state index in [1.165, 1.54) is 5.56 Å². The Labute approximate surface area is 161 Å². The van der Waals surface area contributed by atoms with Crippen LogP contribution >= 0.6 is 0 Å². The SMILES string of the molecule is Cc1ccc2oc(-c3noc([C@H]4CC(=O)N(c5ccccc5)C4)n3)c(C)c2c1. The second-order valence-corrected chi connectivity index (χ2v) is 7.25. The maximum absolute atomic E-state index is 12.5. The third-order valence-electron chi connectivity index (χ3n) is 5.28. The summed E-state index contributed by atoms with van der Waals surface area (Å²) in [6.07, 6.45) is 0.356. The van der Waals surface area contributed by atoms with Crippen molar-refractivity contribution >= 4 is 22.6 Å². The van der Waals surface area contributed by atoms with Gasteiger partial charge in [-0.1, -0.05) is 35.0 Å². The van der Waals surface area contributed by atoms with Gasteiger partial charge in [0.15, 0.2) is 5.76 Å². The number of furan rings is 1. The predicted octanol–water partition coefficient (Wildman–Crippen LogP) is 4.62. The van der Waals surface area contributed by atoms with Gasteiger partial charge in [-0.3, -0.25) is 4.79 Å². The highest BCUT2D eigenvalue weighted by molar-refractivity contribution is 5.96. The van der Waals surface area contributed by atoms with E-state index in [9.17, 15) is 4.79 Å². The second kappa shape index (κ2) is 6.34. The van der Waals surface area contributed by atoms with E-state index in [1.807, 2.05) is 56.3 Å². The van der Waals surface area contributed by atoms with E-state index in [1.54, 1.807) is 4.90 Å². The highest BCUT2D eigenvalue weighted by atomic mass is 16.5. The Hall–Kier alpha value is -3.41. The van der Waals surface area contributed by atoms with Crippen LogP contribution < -0.4 is 4.90 Å². The predicted molar refractivity (Wildman–Crippen MR) is 105 cm³/mol. The molecule has 0 unspecified atom stereocenters. The van der Waals surface area contributed by atoms with Crippen LogP contribution in [0.15, 0.2) is 57.5 Å². The first kappa shape index (κ1) is 16.7. The molecule has 0 saturated carbocycles. The van der Waals surface area contributed by atoms with Crippen LogP contribution in [0.4, 0.5) is 5.69 Å². The lowest BCUT2D eigenvalue weighted by Crippen LogP contribution is -2.24. The minimum atomic E-state index is -0.124. The number of aromatic nitrogens is 2. The van der Waals surface area contributed by atoms with Crippen molar-refractivity contribution in [3.05, 3.63) is 65.5 Å². The van der Waals surface area contributed by atoms with Gasteiger partial charge in [-0.2, -0.15) is 4.98 Å². The monoisotopic (exact) mass is 373 g/mol. The van der Waals surface area contributed by atoms with Gasteiger partial charge >= 0.3 is 0 Å². The fourth-order valence-electron chi connectivity index (χ4n) is 3.77. The van der Waals surface area contributed by atoms with Gasteiger partial charge in [-0.05, 0) is 38.1 Å². The molecule has 4 aromatic rings. The number of rotatable bonds is 3. The second-order valence-electron chi connectivity index (χ2n) is 7.25. The van der Waals surface area contributed by atoms with Crippen LogP contribution in [0, 0.1) is 13.8 Å². The molecule has 140 valence electrons. The number of amides is 1. The smallest absolute Gasteiger partial charge is 0.238 e. The molecule has 0 spiro atoms. The van der Waals surface area contributed by atoms with Crippen LogP contribution in [0.5, 0.6) is 0 Å². The van der Waals surface area contributed by atoms with Crippen LogP contribution in [-0.2, 0) is 4.79 Å². The molecule has 28 heavy (non-hydrogen) atoms. The third kappa shape index (κ3) is 2.69. The van der Waals surface area contributed by atoms with Crippen molar-refractivity contribution in [2.24, 2.45) is 0 Å². The van der Waals surface area contributed by atoms with Crippen molar-refractivity contribution in [3.63, 3.8) is 0 Å². The fourth-order valence-corrected chi connectivity index (χ4v) is 3.77. The molecule has 1 aliphatic rings. The summed E-state index contributed by atoms with van der Waals surface area (Å²) in [7, 11) is 0. The van der Waals surface area contributed by atoms with Crippen LogP contribution in [0.3, 0.4) is 0 Å². The van der Waals surface area contributed by atoms with Crippen molar-refractivity contribution in [1.29, 1.82) is 0 Å². The summed E-state index contributed by atoms with van der Waals surface area (Å²) in [5, 5.41) is 5.17. The molecule has 1 amide bonds. The number of hydrogen-bond acceptors (Lipinski definition) is 5. The van der Waals surface area contributed by atoms with Crippen molar-refractivity contribution in [2.45, 2.75) is 26.2 Å². The molecule has 1 saturated heterocycles. The molecular formula is C22H19N3O3. The zero-order valence-electron chi connectivity index (χ0n) is 15.7. The molecule has 6 heteroatoms. The average molecular weight is 373 g/mol. The van der Waals surface area contributed by atoms with E-state index < -0.39 is 0 Å². The Kier molecular flexibility index (Phi) is 3.79. The molecule has 5 rings (SSSR count). The van der Waals surface area contributed by atoms with Gasteiger partial charge in [0.05, 0.1) is 5.92 Å². The summed E-state index contributed by atoms with van der Waals surface area (Å²) >= 11 is 0.